The highest BCUT2D eigenvalue weighted by molar-refractivity contribution is 7.89. The van der Waals surface area contributed by atoms with Crippen molar-refractivity contribution < 1.29 is 17.6 Å². The van der Waals surface area contributed by atoms with Gasteiger partial charge < -0.3 is 5.32 Å². The van der Waals surface area contributed by atoms with E-state index in [2.05, 4.69) is 5.32 Å². The predicted molar refractivity (Wildman–Crippen MR) is 81.6 cm³/mol. The Labute approximate surface area is 128 Å². The van der Waals surface area contributed by atoms with E-state index in [0.29, 0.717) is 16.8 Å². The molecule has 0 saturated carbocycles. The molecule has 3 N–H and O–H groups in total. The number of carbonyl (C=O) groups is 1. The van der Waals surface area contributed by atoms with Crippen LogP contribution in [0.1, 0.15) is 21.5 Å². The van der Waals surface area contributed by atoms with Gasteiger partial charge in [-0.3, -0.25) is 4.79 Å². The number of hydrogen-bond donors (Lipinski definition) is 2. The molecule has 7 heteroatoms. The Bertz CT molecular complexity index is 848. The lowest BCUT2D eigenvalue weighted by Crippen LogP contribution is -2.17. The quantitative estimate of drug-likeness (QED) is 0.909. The minimum atomic E-state index is -3.92. The molecule has 2 aromatic carbocycles. The highest BCUT2D eigenvalue weighted by atomic mass is 32.2. The first-order valence-corrected chi connectivity index (χ1v) is 7.94. The van der Waals surface area contributed by atoms with Crippen molar-refractivity contribution in [2.75, 3.05) is 5.32 Å². The van der Waals surface area contributed by atoms with Crippen molar-refractivity contribution in [1.82, 2.24) is 0 Å². The molecule has 0 saturated heterocycles. The maximum Gasteiger partial charge on any atom is 0.255 e. The topological polar surface area (TPSA) is 89.3 Å². The molecule has 0 spiro atoms. The second-order valence-corrected chi connectivity index (χ2v) is 6.47. The number of amides is 1. The number of nitrogens with one attached hydrogen (secondary N) is 1. The van der Waals surface area contributed by atoms with Crippen LogP contribution in [-0.4, -0.2) is 14.3 Å². The van der Waals surface area contributed by atoms with E-state index in [0.717, 1.165) is 0 Å². The number of sulfonamides is 1. The number of anilines is 1. The third-order valence-corrected chi connectivity index (χ3v) is 4.26. The molecular formula is C15H15FN2O3S. The zero-order chi connectivity index (χ0) is 16.5. The Hall–Kier alpha value is -2.25. The van der Waals surface area contributed by atoms with Crippen LogP contribution in [0.3, 0.4) is 0 Å². The summed E-state index contributed by atoms with van der Waals surface area (Å²) < 4.78 is 36.2. The van der Waals surface area contributed by atoms with E-state index in [1.54, 1.807) is 13.8 Å². The van der Waals surface area contributed by atoms with Gasteiger partial charge >= 0.3 is 0 Å². The number of primary sulfonamides is 1. The molecule has 116 valence electrons. The molecule has 0 aliphatic rings. The van der Waals surface area contributed by atoms with Crippen LogP contribution in [0.25, 0.3) is 0 Å². The monoisotopic (exact) mass is 322 g/mol. The average Bonchev–Trinajstić information content (AvgIpc) is 2.42. The summed E-state index contributed by atoms with van der Waals surface area (Å²) in [7, 11) is -3.92. The van der Waals surface area contributed by atoms with Gasteiger partial charge in [-0.15, -0.1) is 0 Å². The van der Waals surface area contributed by atoms with Crippen LogP contribution in [0, 0.1) is 19.7 Å². The molecule has 0 aliphatic carbocycles. The smallest absolute Gasteiger partial charge is 0.255 e. The van der Waals surface area contributed by atoms with Crippen molar-refractivity contribution in [3.63, 3.8) is 0 Å². The van der Waals surface area contributed by atoms with E-state index in [1.807, 2.05) is 0 Å². The summed E-state index contributed by atoms with van der Waals surface area (Å²) in [5.74, 6) is -1.02. The Kier molecular flexibility index (Phi) is 4.30. The molecule has 0 heterocycles. The maximum atomic E-state index is 13.2. The zero-order valence-electron chi connectivity index (χ0n) is 12.1. The molecule has 0 aromatic heterocycles. The normalized spacial score (nSPS) is 11.3. The molecule has 5 nitrogen and oxygen atoms in total. The van der Waals surface area contributed by atoms with Crippen LogP contribution in [0.15, 0.2) is 41.3 Å². The lowest BCUT2D eigenvalue weighted by atomic mass is 10.1. The zero-order valence-corrected chi connectivity index (χ0v) is 12.9. The fraction of sp³-hybridized carbons (Fsp3) is 0.133. The van der Waals surface area contributed by atoms with Crippen LogP contribution in [0.5, 0.6) is 0 Å². The van der Waals surface area contributed by atoms with E-state index in [9.17, 15) is 17.6 Å². The molecule has 2 aromatic rings. The van der Waals surface area contributed by atoms with Gasteiger partial charge in [-0.05, 0) is 49.2 Å². The highest BCUT2D eigenvalue weighted by Gasteiger charge is 2.16. The second-order valence-electron chi connectivity index (χ2n) is 4.94. The summed E-state index contributed by atoms with van der Waals surface area (Å²) in [6, 6.07) is 8.20. The molecule has 2 rings (SSSR count). The molecule has 0 aliphatic heterocycles. The largest absolute Gasteiger partial charge is 0.322 e. The highest BCUT2D eigenvalue weighted by Crippen LogP contribution is 2.19. The molecule has 0 atom stereocenters. The molecular weight excluding hydrogens is 307 g/mol. The van der Waals surface area contributed by atoms with Gasteiger partial charge in [-0.1, -0.05) is 12.1 Å². The standard InChI is InChI=1S/C15H15FN2O3S/c1-9-4-6-12(16)8-13(9)18-15(19)11-5-3-10(2)14(7-11)22(17,20)21/h3-8H,1-2H3,(H,18,19)(H2,17,20,21). The van der Waals surface area contributed by atoms with Crippen molar-refractivity contribution in [3.8, 4) is 0 Å². The minimum absolute atomic E-state index is 0.115. The van der Waals surface area contributed by atoms with Gasteiger partial charge in [-0.2, -0.15) is 0 Å². The van der Waals surface area contributed by atoms with E-state index < -0.39 is 21.7 Å². The van der Waals surface area contributed by atoms with Crippen LogP contribution in [0.4, 0.5) is 10.1 Å². The summed E-state index contributed by atoms with van der Waals surface area (Å²) in [6.07, 6.45) is 0. The second kappa shape index (κ2) is 5.86. The van der Waals surface area contributed by atoms with Crippen LogP contribution in [-0.2, 0) is 10.0 Å². The number of halogens is 1. The van der Waals surface area contributed by atoms with E-state index in [4.69, 9.17) is 5.14 Å². The van der Waals surface area contributed by atoms with Gasteiger partial charge in [-0.25, -0.2) is 17.9 Å². The SMILES string of the molecule is Cc1ccc(F)cc1NC(=O)c1ccc(C)c(S(N)(=O)=O)c1. The van der Waals surface area contributed by atoms with Gasteiger partial charge in [0.25, 0.3) is 5.91 Å². The minimum Gasteiger partial charge on any atom is -0.322 e. The lowest BCUT2D eigenvalue weighted by Gasteiger charge is -2.10. The Balaban J connectivity index is 2.36. The summed E-state index contributed by atoms with van der Waals surface area (Å²) in [6.45, 7) is 3.30. The predicted octanol–water partition coefficient (Wildman–Crippen LogP) is 2.34. The summed E-state index contributed by atoms with van der Waals surface area (Å²) in [4.78, 5) is 12.1. The number of hydrogen-bond acceptors (Lipinski definition) is 3. The van der Waals surface area contributed by atoms with E-state index >= 15 is 0 Å². The molecule has 0 fully saturated rings. The van der Waals surface area contributed by atoms with Crippen molar-refractivity contribution in [1.29, 1.82) is 0 Å². The Morgan fingerprint density at radius 3 is 2.36 bits per heavy atom. The first kappa shape index (κ1) is 16.1. The van der Waals surface area contributed by atoms with Gasteiger partial charge in [0.2, 0.25) is 10.0 Å². The average molecular weight is 322 g/mol. The third-order valence-electron chi connectivity index (χ3n) is 3.20. The molecule has 1 amide bonds. The fourth-order valence-corrected chi connectivity index (χ4v) is 2.78. The Morgan fingerprint density at radius 2 is 1.73 bits per heavy atom. The summed E-state index contributed by atoms with van der Waals surface area (Å²) >= 11 is 0. The molecule has 22 heavy (non-hydrogen) atoms. The van der Waals surface area contributed by atoms with Crippen molar-refractivity contribution in [2.45, 2.75) is 18.7 Å². The van der Waals surface area contributed by atoms with Crippen LogP contribution in [0.2, 0.25) is 0 Å². The van der Waals surface area contributed by atoms with Crippen LogP contribution >= 0.6 is 0 Å². The number of nitrogens with two attached hydrogens (primary N) is 1. The van der Waals surface area contributed by atoms with Gasteiger partial charge in [0.1, 0.15) is 5.82 Å². The number of carbonyl (C=O) groups excluding carboxylic acids is 1. The summed E-state index contributed by atoms with van der Waals surface area (Å²) in [5, 5.41) is 7.66. The van der Waals surface area contributed by atoms with Gasteiger partial charge in [0.05, 0.1) is 4.90 Å². The van der Waals surface area contributed by atoms with E-state index in [1.165, 1.54) is 36.4 Å². The number of rotatable bonds is 3. The van der Waals surface area contributed by atoms with Crippen molar-refractivity contribution >= 4 is 21.6 Å². The fourth-order valence-electron chi connectivity index (χ4n) is 1.97. The number of aryl methyl sites for hydroxylation is 2. The first-order valence-electron chi connectivity index (χ1n) is 6.39. The van der Waals surface area contributed by atoms with Crippen molar-refractivity contribution in [2.24, 2.45) is 5.14 Å². The lowest BCUT2D eigenvalue weighted by molar-refractivity contribution is 0.102. The molecule has 0 bridgehead atoms. The van der Waals surface area contributed by atoms with Gasteiger partial charge in [0, 0.05) is 11.3 Å². The third kappa shape index (κ3) is 3.49. The first-order chi connectivity index (χ1) is 10.2. The Morgan fingerprint density at radius 1 is 1.09 bits per heavy atom. The van der Waals surface area contributed by atoms with Crippen molar-refractivity contribution in [3.05, 3.63) is 58.9 Å². The molecule has 0 radical (unpaired) electrons. The number of benzene rings is 2. The molecule has 0 unspecified atom stereocenters. The van der Waals surface area contributed by atoms with Crippen LogP contribution < -0.4 is 10.5 Å². The maximum absolute atomic E-state index is 13.2. The summed E-state index contributed by atoms with van der Waals surface area (Å²) in [5.41, 5.74) is 1.58. The van der Waals surface area contributed by atoms with Gasteiger partial charge in [0.15, 0.2) is 0 Å². The van der Waals surface area contributed by atoms with E-state index in [-0.39, 0.29) is 10.5 Å².